The van der Waals surface area contributed by atoms with Crippen LogP contribution < -0.4 is 0 Å². The van der Waals surface area contributed by atoms with E-state index in [9.17, 15) is 0 Å². The third-order valence-electron chi connectivity index (χ3n) is 0.831. The first kappa shape index (κ1) is 9.40. The molecule has 0 saturated carbocycles. The van der Waals surface area contributed by atoms with Crippen molar-refractivity contribution in [1.29, 1.82) is 0 Å². The summed E-state index contributed by atoms with van der Waals surface area (Å²) in [5.41, 5.74) is 0. The first-order chi connectivity index (χ1) is 4.31. The average Bonchev–Trinajstić information content (AvgIpc) is 1.85. The normalized spacial score (nSPS) is 13.7. The molecule has 0 aromatic heterocycles. The summed E-state index contributed by atoms with van der Waals surface area (Å²) in [6, 6.07) is 0. The topological polar surface area (TPSA) is 18.5 Å². The van der Waals surface area contributed by atoms with Gasteiger partial charge in [0.15, 0.2) is 6.29 Å². The summed E-state index contributed by atoms with van der Waals surface area (Å²) in [5.74, 6) is 0. The minimum atomic E-state index is -0.0625. The molecule has 0 N–H and O–H groups in total. The van der Waals surface area contributed by atoms with Crippen molar-refractivity contribution in [2.75, 3.05) is 18.5 Å². The number of rotatable bonds is 5. The Morgan fingerprint density at radius 1 is 1.44 bits per heavy atom. The van der Waals surface area contributed by atoms with E-state index < -0.39 is 0 Å². The van der Waals surface area contributed by atoms with Crippen LogP contribution in [0.4, 0.5) is 0 Å². The fourth-order valence-electron chi connectivity index (χ4n) is 0.493. The third-order valence-corrected chi connectivity index (χ3v) is 1.15. The van der Waals surface area contributed by atoms with Gasteiger partial charge >= 0.3 is 0 Å². The quantitative estimate of drug-likeness (QED) is 0.494. The molecule has 0 radical (unpaired) electrons. The maximum atomic E-state index is 5.16. The van der Waals surface area contributed by atoms with Crippen LogP contribution in [0.15, 0.2) is 0 Å². The van der Waals surface area contributed by atoms with Gasteiger partial charge in [-0.2, -0.15) is 0 Å². The number of ether oxygens (including phenoxy) is 2. The highest BCUT2D eigenvalue weighted by molar-refractivity contribution is 9.09. The lowest BCUT2D eigenvalue weighted by molar-refractivity contribution is -0.122. The second-order valence-electron chi connectivity index (χ2n) is 1.58. The van der Waals surface area contributed by atoms with Gasteiger partial charge in [-0.05, 0) is 13.8 Å². The largest absolute Gasteiger partial charge is 0.353 e. The van der Waals surface area contributed by atoms with E-state index >= 15 is 0 Å². The molecule has 56 valence electrons. The highest BCUT2D eigenvalue weighted by Gasteiger charge is 1.96. The second kappa shape index (κ2) is 6.52. The monoisotopic (exact) mass is 196 g/mol. The molecule has 0 heterocycles. The van der Waals surface area contributed by atoms with Crippen molar-refractivity contribution in [2.24, 2.45) is 0 Å². The van der Waals surface area contributed by atoms with Gasteiger partial charge in [-0.1, -0.05) is 15.9 Å². The van der Waals surface area contributed by atoms with Crippen molar-refractivity contribution >= 4 is 15.9 Å². The average molecular weight is 197 g/mol. The van der Waals surface area contributed by atoms with Gasteiger partial charge in [-0.25, -0.2) is 0 Å². The van der Waals surface area contributed by atoms with Crippen LogP contribution in [-0.2, 0) is 9.47 Å². The number of halogens is 1. The zero-order valence-electron chi connectivity index (χ0n) is 5.89. The van der Waals surface area contributed by atoms with E-state index in [2.05, 4.69) is 15.9 Å². The Morgan fingerprint density at radius 3 is 2.56 bits per heavy atom. The van der Waals surface area contributed by atoms with Crippen molar-refractivity contribution in [3.8, 4) is 0 Å². The van der Waals surface area contributed by atoms with Crippen molar-refractivity contribution in [1.82, 2.24) is 0 Å². The van der Waals surface area contributed by atoms with Gasteiger partial charge < -0.3 is 9.47 Å². The molecule has 1 unspecified atom stereocenters. The lowest BCUT2D eigenvalue weighted by atomic mass is 10.7. The van der Waals surface area contributed by atoms with E-state index in [1.54, 1.807) is 0 Å². The Morgan fingerprint density at radius 2 is 2.11 bits per heavy atom. The van der Waals surface area contributed by atoms with Crippen molar-refractivity contribution in [3.63, 3.8) is 0 Å². The molecule has 2 nitrogen and oxygen atoms in total. The Bertz CT molecular complexity index is 59.0. The molecule has 0 amide bonds. The van der Waals surface area contributed by atoms with Gasteiger partial charge in [0, 0.05) is 11.9 Å². The molecule has 3 heteroatoms. The van der Waals surface area contributed by atoms with Gasteiger partial charge in [-0.15, -0.1) is 0 Å². The highest BCUT2D eigenvalue weighted by Crippen LogP contribution is 1.93. The third kappa shape index (κ3) is 6.28. The Hall–Kier alpha value is 0.400. The number of hydrogen-bond donors (Lipinski definition) is 0. The van der Waals surface area contributed by atoms with Crippen LogP contribution in [0.25, 0.3) is 0 Å². The van der Waals surface area contributed by atoms with Crippen LogP contribution in [0.5, 0.6) is 0 Å². The maximum absolute atomic E-state index is 5.16. The summed E-state index contributed by atoms with van der Waals surface area (Å²) < 4.78 is 10.3. The van der Waals surface area contributed by atoms with Crippen LogP contribution in [-0.4, -0.2) is 24.8 Å². The molecule has 0 aromatic carbocycles. The van der Waals surface area contributed by atoms with Crippen molar-refractivity contribution in [3.05, 3.63) is 0 Å². The molecule has 0 fully saturated rings. The summed E-state index contributed by atoms with van der Waals surface area (Å²) in [6.07, 6.45) is -0.0625. The van der Waals surface area contributed by atoms with Crippen LogP contribution in [0.1, 0.15) is 13.8 Å². The molecule has 9 heavy (non-hydrogen) atoms. The Balaban J connectivity index is 2.95. The molecule has 0 rings (SSSR count). The summed E-state index contributed by atoms with van der Waals surface area (Å²) >= 11 is 3.25. The molecule has 1 atom stereocenters. The lowest BCUT2D eigenvalue weighted by Gasteiger charge is -2.10. The van der Waals surface area contributed by atoms with Crippen molar-refractivity contribution < 1.29 is 9.47 Å². The van der Waals surface area contributed by atoms with E-state index in [4.69, 9.17) is 9.47 Å². The summed E-state index contributed by atoms with van der Waals surface area (Å²) in [4.78, 5) is 0. The predicted octanol–water partition coefficient (Wildman–Crippen LogP) is 1.78. The van der Waals surface area contributed by atoms with Gasteiger partial charge in [0.1, 0.15) is 0 Å². The van der Waals surface area contributed by atoms with Crippen LogP contribution in [0, 0.1) is 0 Å². The van der Waals surface area contributed by atoms with E-state index in [0.29, 0.717) is 13.2 Å². The van der Waals surface area contributed by atoms with E-state index in [1.807, 2.05) is 13.8 Å². The van der Waals surface area contributed by atoms with Crippen LogP contribution in [0.2, 0.25) is 0 Å². The molecule has 0 spiro atoms. The molecule has 0 bridgehead atoms. The SMILES string of the molecule is CCOC(C)OCCBr. The van der Waals surface area contributed by atoms with Crippen molar-refractivity contribution in [2.45, 2.75) is 20.1 Å². The fourth-order valence-corrected chi connectivity index (χ4v) is 0.680. The minimum absolute atomic E-state index is 0.0625. The minimum Gasteiger partial charge on any atom is -0.353 e. The van der Waals surface area contributed by atoms with Gasteiger partial charge in [0.05, 0.1) is 6.61 Å². The fraction of sp³-hybridized carbons (Fsp3) is 1.00. The molecule has 0 aromatic rings. The smallest absolute Gasteiger partial charge is 0.154 e. The molecular weight excluding hydrogens is 184 g/mol. The zero-order valence-corrected chi connectivity index (χ0v) is 7.48. The molecule has 0 aliphatic rings. The standard InChI is InChI=1S/C6H13BrO2/c1-3-8-6(2)9-5-4-7/h6H,3-5H2,1-2H3. The highest BCUT2D eigenvalue weighted by atomic mass is 79.9. The van der Waals surface area contributed by atoms with Crippen LogP contribution >= 0.6 is 15.9 Å². The predicted molar refractivity (Wildman–Crippen MR) is 40.8 cm³/mol. The first-order valence-corrected chi connectivity index (χ1v) is 4.22. The van der Waals surface area contributed by atoms with E-state index in [0.717, 1.165) is 5.33 Å². The molecular formula is C6H13BrO2. The van der Waals surface area contributed by atoms with Crippen LogP contribution in [0.3, 0.4) is 0 Å². The second-order valence-corrected chi connectivity index (χ2v) is 2.38. The Labute approximate surface area is 64.7 Å². The molecule has 0 aliphatic heterocycles. The molecule has 0 saturated heterocycles. The summed E-state index contributed by atoms with van der Waals surface area (Å²) in [7, 11) is 0. The molecule has 0 aliphatic carbocycles. The number of hydrogen-bond acceptors (Lipinski definition) is 2. The summed E-state index contributed by atoms with van der Waals surface area (Å²) in [6.45, 7) is 5.27. The zero-order chi connectivity index (χ0) is 7.11. The van der Waals surface area contributed by atoms with E-state index in [1.165, 1.54) is 0 Å². The van der Waals surface area contributed by atoms with E-state index in [-0.39, 0.29) is 6.29 Å². The lowest BCUT2D eigenvalue weighted by Crippen LogP contribution is -2.13. The maximum Gasteiger partial charge on any atom is 0.154 e. The summed E-state index contributed by atoms with van der Waals surface area (Å²) in [5, 5.41) is 0.865. The first-order valence-electron chi connectivity index (χ1n) is 3.10. The Kier molecular flexibility index (Phi) is 6.81. The van der Waals surface area contributed by atoms with Gasteiger partial charge in [0.2, 0.25) is 0 Å². The number of alkyl halides is 1. The van der Waals surface area contributed by atoms with Gasteiger partial charge in [-0.3, -0.25) is 0 Å². The van der Waals surface area contributed by atoms with Gasteiger partial charge in [0.25, 0.3) is 0 Å².